The van der Waals surface area contributed by atoms with Crippen LogP contribution in [0.25, 0.3) is 11.5 Å². The molecule has 1 fully saturated rings. The maximum Gasteiger partial charge on any atom is 0.182 e. The van der Waals surface area contributed by atoms with Crippen LogP contribution < -0.4 is 10.6 Å². The van der Waals surface area contributed by atoms with Crippen molar-refractivity contribution in [3.63, 3.8) is 0 Å². The molecule has 1 aliphatic rings. The lowest BCUT2D eigenvalue weighted by Crippen LogP contribution is -2.28. The van der Waals surface area contributed by atoms with Gasteiger partial charge in [0.25, 0.3) is 0 Å². The molecule has 0 bridgehead atoms. The molecule has 3 aromatic rings. The predicted molar refractivity (Wildman–Crippen MR) is 99.3 cm³/mol. The van der Waals surface area contributed by atoms with Crippen molar-refractivity contribution in [2.75, 3.05) is 23.8 Å². The highest BCUT2D eigenvalue weighted by molar-refractivity contribution is 5.62. The fourth-order valence-electron chi connectivity index (χ4n) is 2.86. The third-order valence-corrected chi connectivity index (χ3v) is 4.16. The average Bonchev–Trinajstić information content (AvgIpc) is 3.08. The monoisotopic (exact) mass is 351 g/mol. The summed E-state index contributed by atoms with van der Waals surface area (Å²) in [5.41, 5.74) is 1.71. The van der Waals surface area contributed by atoms with Crippen LogP contribution in [0.15, 0.2) is 36.5 Å². The molecule has 0 unspecified atom stereocenters. The summed E-state index contributed by atoms with van der Waals surface area (Å²) >= 11 is 0. The van der Waals surface area contributed by atoms with E-state index >= 15 is 0 Å². The number of hydrogen-bond donors (Lipinski definition) is 3. The van der Waals surface area contributed by atoms with Crippen LogP contribution in [-0.4, -0.2) is 44.4 Å². The Morgan fingerprint density at radius 1 is 1.08 bits per heavy atom. The zero-order valence-electron chi connectivity index (χ0n) is 14.6. The molecule has 26 heavy (non-hydrogen) atoms. The molecule has 4 heterocycles. The molecule has 0 aliphatic carbocycles. The Balaban J connectivity index is 1.64. The molecule has 8 heteroatoms. The van der Waals surface area contributed by atoms with Crippen LogP contribution in [-0.2, 0) is 4.74 Å². The summed E-state index contributed by atoms with van der Waals surface area (Å²) in [6, 6.07) is 9.86. The summed E-state index contributed by atoms with van der Waals surface area (Å²) in [6.07, 6.45) is 3.66. The standard InChI is InChI=1S/C18H21N7O/c1-12-10-17(25-24-12)21-16-11-15(20-13-5-8-26-9-6-13)22-18(23-16)14-4-2-3-7-19-14/h2-4,7,10-11,13H,5-6,8-9H2,1H3,(H3,20,21,22,23,24,25). The van der Waals surface area contributed by atoms with Gasteiger partial charge in [-0.15, -0.1) is 0 Å². The molecule has 0 radical (unpaired) electrons. The van der Waals surface area contributed by atoms with Crippen LogP contribution in [0.4, 0.5) is 17.5 Å². The molecule has 1 saturated heterocycles. The maximum atomic E-state index is 5.43. The predicted octanol–water partition coefficient (Wildman–Crippen LogP) is 2.90. The third-order valence-electron chi connectivity index (χ3n) is 4.16. The van der Waals surface area contributed by atoms with E-state index in [1.165, 1.54) is 0 Å². The largest absolute Gasteiger partial charge is 0.381 e. The second-order valence-corrected chi connectivity index (χ2v) is 6.27. The zero-order chi connectivity index (χ0) is 17.8. The van der Waals surface area contributed by atoms with E-state index in [9.17, 15) is 0 Å². The highest BCUT2D eigenvalue weighted by atomic mass is 16.5. The summed E-state index contributed by atoms with van der Waals surface area (Å²) in [5, 5.41) is 13.8. The van der Waals surface area contributed by atoms with Crippen LogP contribution in [0.5, 0.6) is 0 Å². The van der Waals surface area contributed by atoms with Gasteiger partial charge in [-0.05, 0) is 31.9 Å². The molecule has 134 valence electrons. The number of H-pyrrole nitrogens is 1. The Morgan fingerprint density at radius 3 is 2.65 bits per heavy atom. The van der Waals surface area contributed by atoms with Gasteiger partial charge in [0.2, 0.25) is 0 Å². The van der Waals surface area contributed by atoms with Crippen LogP contribution in [0.1, 0.15) is 18.5 Å². The molecular formula is C18H21N7O. The van der Waals surface area contributed by atoms with E-state index in [0.29, 0.717) is 23.5 Å². The number of nitrogens with one attached hydrogen (secondary N) is 3. The third kappa shape index (κ3) is 3.97. The summed E-state index contributed by atoms with van der Waals surface area (Å²) < 4.78 is 5.43. The van der Waals surface area contributed by atoms with Gasteiger partial charge in [0.1, 0.15) is 17.3 Å². The summed E-state index contributed by atoms with van der Waals surface area (Å²) in [7, 11) is 0. The average molecular weight is 351 g/mol. The van der Waals surface area contributed by atoms with Crippen LogP contribution >= 0.6 is 0 Å². The van der Waals surface area contributed by atoms with E-state index in [-0.39, 0.29) is 0 Å². The highest BCUT2D eigenvalue weighted by Crippen LogP contribution is 2.22. The minimum Gasteiger partial charge on any atom is -0.381 e. The molecule has 0 saturated carbocycles. The van der Waals surface area contributed by atoms with Crippen molar-refractivity contribution in [2.45, 2.75) is 25.8 Å². The van der Waals surface area contributed by atoms with Crippen LogP contribution in [0, 0.1) is 6.92 Å². The number of nitrogens with zero attached hydrogens (tertiary/aromatic N) is 4. The number of aromatic amines is 1. The Labute approximate surface area is 151 Å². The van der Waals surface area contributed by atoms with Crippen molar-refractivity contribution in [1.82, 2.24) is 25.1 Å². The van der Waals surface area contributed by atoms with Crippen molar-refractivity contribution in [2.24, 2.45) is 0 Å². The number of anilines is 3. The normalized spacial score (nSPS) is 15.0. The van der Waals surface area contributed by atoms with Gasteiger partial charge in [0.15, 0.2) is 11.6 Å². The topological polar surface area (TPSA) is 101 Å². The Hall–Kier alpha value is -3.00. The Kier molecular flexibility index (Phi) is 4.74. The van der Waals surface area contributed by atoms with Gasteiger partial charge >= 0.3 is 0 Å². The molecule has 3 N–H and O–H groups in total. The van der Waals surface area contributed by atoms with Crippen molar-refractivity contribution in [1.29, 1.82) is 0 Å². The van der Waals surface area contributed by atoms with Crippen LogP contribution in [0.3, 0.4) is 0 Å². The quantitative estimate of drug-likeness (QED) is 0.650. The summed E-state index contributed by atoms with van der Waals surface area (Å²) in [5.74, 6) is 2.71. The fourth-order valence-corrected chi connectivity index (χ4v) is 2.86. The van der Waals surface area contributed by atoms with E-state index in [1.54, 1.807) is 6.20 Å². The van der Waals surface area contributed by atoms with Crippen LogP contribution in [0.2, 0.25) is 0 Å². The smallest absolute Gasteiger partial charge is 0.182 e. The summed E-state index contributed by atoms with van der Waals surface area (Å²) in [6.45, 7) is 3.50. The zero-order valence-corrected chi connectivity index (χ0v) is 14.6. The first kappa shape index (κ1) is 16.5. The van der Waals surface area contributed by atoms with E-state index in [0.717, 1.165) is 43.3 Å². The highest BCUT2D eigenvalue weighted by Gasteiger charge is 2.16. The lowest BCUT2D eigenvalue weighted by Gasteiger charge is -2.24. The molecular weight excluding hydrogens is 330 g/mol. The van der Waals surface area contributed by atoms with Gasteiger partial charge in [0.05, 0.1) is 0 Å². The van der Waals surface area contributed by atoms with E-state index in [1.807, 2.05) is 37.3 Å². The molecule has 1 aliphatic heterocycles. The SMILES string of the molecule is Cc1cc(Nc2cc(NC3CCOCC3)nc(-c3ccccn3)n2)n[nH]1. The van der Waals surface area contributed by atoms with Gasteiger partial charge in [-0.25, -0.2) is 9.97 Å². The first-order chi connectivity index (χ1) is 12.8. The number of aromatic nitrogens is 5. The van der Waals surface area contributed by atoms with Crippen molar-refractivity contribution < 1.29 is 4.74 Å². The van der Waals surface area contributed by atoms with Gasteiger partial charge in [0, 0.05) is 43.3 Å². The molecule has 0 aromatic carbocycles. The first-order valence-electron chi connectivity index (χ1n) is 8.70. The van der Waals surface area contributed by atoms with Gasteiger partial charge in [-0.1, -0.05) is 6.07 Å². The van der Waals surface area contributed by atoms with Gasteiger partial charge < -0.3 is 15.4 Å². The molecule has 0 amide bonds. The molecule has 4 rings (SSSR count). The van der Waals surface area contributed by atoms with E-state index in [4.69, 9.17) is 4.74 Å². The molecule has 0 spiro atoms. The Morgan fingerprint density at radius 2 is 1.92 bits per heavy atom. The maximum absolute atomic E-state index is 5.43. The van der Waals surface area contributed by atoms with E-state index in [2.05, 4.69) is 35.8 Å². The second kappa shape index (κ2) is 7.49. The van der Waals surface area contributed by atoms with Crippen molar-refractivity contribution in [3.8, 4) is 11.5 Å². The minimum absolute atomic E-state index is 0.343. The number of hydrogen-bond acceptors (Lipinski definition) is 7. The van der Waals surface area contributed by atoms with Crippen molar-refractivity contribution >= 4 is 17.5 Å². The number of rotatable bonds is 5. The minimum atomic E-state index is 0.343. The van der Waals surface area contributed by atoms with Crippen molar-refractivity contribution in [3.05, 3.63) is 42.2 Å². The van der Waals surface area contributed by atoms with Gasteiger partial charge in [-0.2, -0.15) is 5.10 Å². The lowest BCUT2D eigenvalue weighted by molar-refractivity contribution is 0.0904. The number of ether oxygens (including phenoxy) is 1. The fraction of sp³-hybridized carbons (Fsp3) is 0.333. The molecule has 8 nitrogen and oxygen atoms in total. The first-order valence-corrected chi connectivity index (χ1v) is 8.70. The number of aryl methyl sites for hydroxylation is 1. The molecule has 3 aromatic heterocycles. The Bertz CT molecular complexity index is 859. The second-order valence-electron chi connectivity index (χ2n) is 6.27. The van der Waals surface area contributed by atoms with Gasteiger partial charge in [-0.3, -0.25) is 10.1 Å². The number of pyridine rings is 1. The van der Waals surface area contributed by atoms with E-state index < -0.39 is 0 Å². The molecule has 0 atom stereocenters. The summed E-state index contributed by atoms with van der Waals surface area (Å²) in [4.78, 5) is 13.6. The lowest BCUT2D eigenvalue weighted by atomic mass is 10.1.